The van der Waals surface area contributed by atoms with E-state index in [4.69, 9.17) is 0 Å². The molecule has 1 atom stereocenters. The first-order valence-electron chi connectivity index (χ1n) is 8.38. The fraction of sp³-hybridized carbons (Fsp3) is 0.944. The molecule has 0 fully saturated rings. The van der Waals surface area contributed by atoms with Crippen LogP contribution in [0.4, 0.5) is 0 Å². The van der Waals surface area contributed by atoms with Gasteiger partial charge in [0.25, 0.3) is 0 Å². The Morgan fingerprint density at radius 3 is 1.50 bits per heavy atom. The van der Waals surface area contributed by atoms with E-state index in [1.165, 1.54) is 6.42 Å². The molecular weight excluding hydrogens is 248 g/mol. The molecular formula is C18H38O2. The molecule has 0 aliphatic heterocycles. The summed E-state index contributed by atoms with van der Waals surface area (Å²) in [6.07, 6.45) is 5.85. The monoisotopic (exact) mass is 286 g/mol. The molecule has 0 aliphatic rings. The molecule has 2 heteroatoms. The van der Waals surface area contributed by atoms with E-state index in [1.807, 2.05) is 13.8 Å². The van der Waals surface area contributed by atoms with E-state index >= 15 is 0 Å². The van der Waals surface area contributed by atoms with Gasteiger partial charge in [-0.05, 0) is 30.6 Å². The van der Waals surface area contributed by atoms with Crippen molar-refractivity contribution in [3.05, 3.63) is 0 Å². The SMILES string of the molecule is CCC(C)(C)C.CCCC(CC)C(CC)(CC)C(=O)O. The molecule has 0 saturated heterocycles. The zero-order chi connectivity index (χ0) is 16.4. The molecule has 2 nitrogen and oxygen atoms in total. The molecule has 0 amide bonds. The average molecular weight is 286 g/mol. The van der Waals surface area contributed by atoms with Crippen LogP contribution < -0.4 is 0 Å². The molecule has 20 heavy (non-hydrogen) atoms. The second-order valence-corrected chi connectivity index (χ2v) is 6.98. The normalized spacial score (nSPS) is 13.4. The first-order valence-corrected chi connectivity index (χ1v) is 8.38. The maximum absolute atomic E-state index is 11.4. The Morgan fingerprint density at radius 2 is 1.35 bits per heavy atom. The summed E-state index contributed by atoms with van der Waals surface area (Å²) in [6, 6.07) is 0. The minimum Gasteiger partial charge on any atom is -0.481 e. The van der Waals surface area contributed by atoms with E-state index < -0.39 is 11.4 Å². The summed E-state index contributed by atoms with van der Waals surface area (Å²) in [5.74, 6) is -0.275. The predicted molar refractivity (Wildman–Crippen MR) is 89.1 cm³/mol. The van der Waals surface area contributed by atoms with E-state index in [9.17, 15) is 9.90 Å². The number of carboxylic acid groups (broad SMARTS) is 1. The van der Waals surface area contributed by atoms with Crippen molar-refractivity contribution in [1.82, 2.24) is 0 Å². The van der Waals surface area contributed by atoms with Crippen LogP contribution in [0.15, 0.2) is 0 Å². The van der Waals surface area contributed by atoms with Crippen molar-refractivity contribution in [1.29, 1.82) is 0 Å². The van der Waals surface area contributed by atoms with Crippen LogP contribution in [-0.2, 0) is 4.79 Å². The van der Waals surface area contributed by atoms with Gasteiger partial charge in [-0.15, -0.1) is 0 Å². The smallest absolute Gasteiger partial charge is 0.309 e. The van der Waals surface area contributed by atoms with Gasteiger partial charge in [0.2, 0.25) is 0 Å². The van der Waals surface area contributed by atoms with E-state index in [-0.39, 0.29) is 0 Å². The summed E-state index contributed by atoms with van der Waals surface area (Å²) in [7, 11) is 0. The highest BCUT2D eigenvalue weighted by Gasteiger charge is 2.41. The summed E-state index contributed by atoms with van der Waals surface area (Å²) >= 11 is 0. The third kappa shape index (κ3) is 7.31. The lowest BCUT2D eigenvalue weighted by Gasteiger charge is -2.35. The van der Waals surface area contributed by atoms with Crippen molar-refractivity contribution < 1.29 is 9.90 Å². The van der Waals surface area contributed by atoms with Gasteiger partial charge < -0.3 is 5.11 Å². The molecule has 0 aromatic rings. The number of aliphatic carboxylic acids is 1. The first-order chi connectivity index (χ1) is 9.14. The Balaban J connectivity index is 0. The van der Waals surface area contributed by atoms with Crippen LogP contribution in [0.3, 0.4) is 0 Å². The summed E-state index contributed by atoms with van der Waals surface area (Å²) in [5.41, 5.74) is 0.0603. The zero-order valence-electron chi connectivity index (χ0n) is 15.2. The number of carboxylic acids is 1. The lowest BCUT2D eigenvalue weighted by molar-refractivity contribution is -0.153. The highest BCUT2D eigenvalue weighted by Crippen LogP contribution is 2.40. The van der Waals surface area contributed by atoms with Crippen molar-refractivity contribution in [2.45, 2.75) is 93.9 Å². The molecule has 0 radical (unpaired) electrons. The Kier molecular flexibility index (Phi) is 11.1. The second kappa shape index (κ2) is 10.2. The maximum atomic E-state index is 11.4. The summed E-state index contributed by atoms with van der Waals surface area (Å²) in [4.78, 5) is 11.4. The highest BCUT2D eigenvalue weighted by molar-refractivity contribution is 5.74. The average Bonchev–Trinajstić information content (AvgIpc) is 2.39. The van der Waals surface area contributed by atoms with E-state index in [0.717, 1.165) is 32.1 Å². The number of carbonyl (C=O) groups is 1. The zero-order valence-corrected chi connectivity index (χ0v) is 15.2. The van der Waals surface area contributed by atoms with Gasteiger partial charge in [0.1, 0.15) is 0 Å². The van der Waals surface area contributed by atoms with Gasteiger partial charge in [-0.3, -0.25) is 4.79 Å². The second-order valence-electron chi connectivity index (χ2n) is 6.98. The standard InChI is InChI=1S/C12H24O2.C6H14/c1-5-9-10(6-2)12(7-3,8-4)11(13)14;1-5-6(2,3)4/h10H,5-9H2,1-4H3,(H,13,14);5H2,1-4H3. The van der Waals surface area contributed by atoms with Gasteiger partial charge in [0, 0.05) is 0 Å². The third-order valence-electron chi connectivity index (χ3n) is 4.66. The molecule has 122 valence electrons. The molecule has 0 aromatic heterocycles. The van der Waals surface area contributed by atoms with Crippen molar-refractivity contribution >= 4 is 5.97 Å². The minimum atomic E-state index is -0.609. The molecule has 0 heterocycles. The third-order valence-corrected chi connectivity index (χ3v) is 4.66. The Morgan fingerprint density at radius 1 is 0.950 bits per heavy atom. The van der Waals surface area contributed by atoms with Crippen molar-refractivity contribution in [2.24, 2.45) is 16.7 Å². The molecule has 1 unspecified atom stereocenters. The van der Waals surface area contributed by atoms with Crippen LogP contribution in [0, 0.1) is 16.7 Å². The van der Waals surface area contributed by atoms with Gasteiger partial charge in [-0.1, -0.05) is 74.7 Å². The highest BCUT2D eigenvalue weighted by atomic mass is 16.4. The number of hydrogen-bond donors (Lipinski definition) is 1. The molecule has 0 bridgehead atoms. The Bertz CT molecular complexity index is 247. The largest absolute Gasteiger partial charge is 0.481 e. The van der Waals surface area contributed by atoms with E-state index in [0.29, 0.717) is 11.3 Å². The number of rotatable bonds is 7. The van der Waals surface area contributed by atoms with Crippen LogP contribution >= 0.6 is 0 Å². The van der Waals surface area contributed by atoms with Crippen LogP contribution in [0.5, 0.6) is 0 Å². The lowest BCUT2D eigenvalue weighted by atomic mass is 9.68. The van der Waals surface area contributed by atoms with Crippen LogP contribution in [-0.4, -0.2) is 11.1 Å². The molecule has 0 aromatic carbocycles. The number of hydrogen-bond acceptors (Lipinski definition) is 1. The minimum absolute atomic E-state index is 0.333. The lowest BCUT2D eigenvalue weighted by Crippen LogP contribution is -2.37. The molecule has 0 rings (SSSR count). The topological polar surface area (TPSA) is 37.3 Å². The van der Waals surface area contributed by atoms with Crippen molar-refractivity contribution in [3.63, 3.8) is 0 Å². The summed E-state index contributed by atoms with van der Waals surface area (Å²) in [6.45, 7) is 17.2. The Labute approximate surface area is 127 Å². The van der Waals surface area contributed by atoms with Gasteiger partial charge in [0.05, 0.1) is 5.41 Å². The predicted octanol–water partition coefficient (Wildman–Crippen LogP) is 6.15. The van der Waals surface area contributed by atoms with Gasteiger partial charge in [-0.25, -0.2) is 0 Å². The molecule has 0 aliphatic carbocycles. The summed E-state index contributed by atoms with van der Waals surface area (Å²) < 4.78 is 0. The quantitative estimate of drug-likeness (QED) is 0.609. The fourth-order valence-corrected chi connectivity index (χ4v) is 2.52. The van der Waals surface area contributed by atoms with Crippen LogP contribution in [0.1, 0.15) is 93.9 Å². The molecule has 0 spiro atoms. The van der Waals surface area contributed by atoms with Gasteiger partial charge >= 0.3 is 5.97 Å². The van der Waals surface area contributed by atoms with Crippen LogP contribution in [0.2, 0.25) is 0 Å². The fourth-order valence-electron chi connectivity index (χ4n) is 2.52. The summed E-state index contributed by atoms with van der Waals surface area (Å²) in [5, 5.41) is 9.35. The van der Waals surface area contributed by atoms with Crippen molar-refractivity contribution in [3.8, 4) is 0 Å². The van der Waals surface area contributed by atoms with Gasteiger partial charge in [0.15, 0.2) is 0 Å². The molecule has 0 saturated carbocycles. The molecule has 1 N–H and O–H groups in total. The van der Waals surface area contributed by atoms with E-state index in [1.54, 1.807) is 0 Å². The van der Waals surface area contributed by atoms with E-state index in [2.05, 4.69) is 41.5 Å². The van der Waals surface area contributed by atoms with Gasteiger partial charge in [-0.2, -0.15) is 0 Å². The van der Waals surface area contributed by atoms with Crippen LogP contribution in [0.25, 0.3) is 0 Å². The first kappa shape index (κ1) is 21.8. The maximum Gasteiger partial charge on any atom is 0.309 e. The Hall–Kier alpha value is -0.530. The van der Waals surface area contributed by atoms with Crippen molar-refractivity contribution in [2.75, 3.05) is 0 Å².